The standard InChI is InChI=1S/C16H18ClFN2O/c1-10-14(11(2)20(3)19-10)8-7-13(21)9-12-5-4-6-15(18)16(12)17/h4-6H,7-9H2,1-3H3. The van der Waals surface area contributed by atoms with Crippen LogP contribution in [0.4, 0.5) is 4.39 Å². The van der Waals surface area contributed by atoms with E-state index in [9.17, 15) is 9.18 Å². The zero-order valence-electron chi connectivity index (χ0n) is 12.4. The molecule has 0 aliphatic rings. The van der Waals surface area contributed by atoms with Gasteiger partial charge in [0.2, 0.25) is 0 Å². The molecular weight excluding hydrogens is 291 g/mol. The minimum absolute atomic E-state index is 0.0413. The molecule has 0 saturated carbocycles. The van der Waals surface area contributed by atoms with Crippen molar-refractivity contribution in [3.05, 3.63) is 51.6 Å². The molecule has 1 aromatic heterocycles. The fraction of sp³-hybridized carbons (Fsp3) is 0.375. The Morgan fingerprint density at radius 2 is 2.10 bits per heavy atom. The van der Waals surface area contributed by atoms with Gasteiger partial charge in [-0.3, -0.25) is 9.48 Å². The first-order chi connectivity index (χ1) is 9.90. The number of ketones is 1. The number of rotatable bonds is 5. The van der Waals surface area contributed by atoms with Gasteiger partial charge in [0.05, 0.1) is 10.7 Å². The summed E-state index contributed by atoms with van der Waals surface area (Å²) >= 11 is 5.87. The number of hydrogen-bond donors (Lipinski definition) is 0. The van der Waals surface area contributed by atoms with Crippen LogP contribution in [0.3, 0.4) is 0 Å². The quantitative estimate of drug-likeness (QED) is 0.846. The van der Waals surface area contributed by atoms with Crippen LogP contribution in [0.1, 0.15) is 28.9 Å². The van der Waals surface area contributed by atoms with Gasteiger partial charge in [-0.05, 0) is 37.5 Å². The van der Waals surface area contributed by atoms with Gasteiger partial charge >= 0.3 is 0 Å². The third kappa shape index (κ3) is 3.50. The van der Waals surface area contributed by atoms with Crippen LogP contribution in [-0.2, 0) is 24.7 Å². The number of Topliss-reactive ketones (excluding diaryl/α,β-unsaturated/α-hetero) is 1. The zero-order valence-corrected chi connectivity index (χ0v) is 13.2. The van der Waals surface area contributed by atoms with Gasteiger partial charge in [0.15, 0.2) is 0 Å². The van der Waals surface area contributed by atoms with Crippen molar-refractivity contribution in [1.29, 1.82) is 0 Å². The van der Waals surface area contributed by atoms with E-state index in [0.29, 0.717) is 18.4 Å². The molecule has 0 amide bonds. The fourth-order valence-electron chi connectivity index (χ4n) is 2.43. The highest BCUT2D eigenvalue weighted by Crippen LogP contribution is 2.21. The van der Waals surface area contributed by atoms with Crippen LogP contribution in [0.5, 0.6) is 0 Å². The van der Waals surface area contributed by atoms with Gasteiger partial charge in [-0.2, -0.15) is 5.10 Å². The minimum Gasteiger partial charge on any atom is -0.299 e. The van der Waals surface area contributed by atoms with Crippen molar-refractivity contribution in [1.82, 2.24) is 9.78 Å². The highest BCUT2D eigenvalue weighted by Gasteiger charge is 2.13. The average Bonchev–Trinajstić information content (AvgIpc) is 2.67. The molecule has 0 bridgehead atoms. The molecule has 0 radical (unpaired) electrons. The average molecular weight is 309 g/mol. The van der Waals surface area contributed by atoms with Gasteiger partial charge in [-0.15, -0.1) is 0 Å². The van der Waals surface area contributed by atoms with E-state index in [4.69, 9.17) is 11.6 Å². The lowest BCUT2D eigenvalue weighted by Gasteiger charge is -2.05. The molecule has 112 valence electrons. The van der Waals surface area contributed by atoms with E-state index >= 15 is 0 Å². The summed E-state index contributed by atoms with van der Waals surface area (Å²) in [6.45, 7) is 3.93. The number of carbonyl (C=O) groups is 1. The Labute approximate surface area is 128 Å². The molecule has 1 heterocycles. The summed E-state index contributed by atoms with van der Waals surface area (Å²) in [5.74, 6) is -0.439. The fourth-order valence-corrected chi connectivity index (χ4v) is 2.62. The number of nitrogens with zero attached hydrogens (tertiary/aromatic N) is 2. The molecule has 0 spiro atoms. The Balaban J connectivity index is 2.01. The van der Waals surface area contributed by atoms with Crippen molar-refractivity contribution >= 4 is 17.4 Å². The first-order valence-electron chi connectivity index (χ1n) is 6.83. The van der Waals surface area contributed by atoms with Crippen LogP contribution in [0.2, 0.25) is 5.02 Å². The molecule has 0 saturated heterocycles. The molecule has 2 aromatic rings. The summed E-state index contributed by atoms with van der Waals surface area (Å²) in [5.41, 5.74) is 3.67. The maximum Gasteiger partial charge on any atom is 0.142 e. The first kappa shape index (κ1) is 15.7. The summed E-state index contributed by atoms with van der Waals surface area (Å²) in [7, 11) is 1.89. The van der Waals surface area contributed by atoms with E-state index < -0.39 is 5.82 Å². The lowest BCUT2D eigenvalue weighted by atomic mass is 10.0. The summed E-state index contributed by atoms with van der Waals surface area (Å²) in [6, 6.07) is 4.54. The number of halogens is 2. The predicted molar refractivity (Wildman–Crippen MR) is 81.1 cm³/mol. The van der Waals surface area contributed by atoms with Crippen LogP contribution >= 0.6 is 11.6 Å². The molecule has 2 rings (SSSR count). The number of aromatic nitrogens is 2. The van der Waals surface area contributed by atoms with E-state index in [0.717, 1.165) is 17.0 Å². The van der Waals surface area contributed by atoms with Gasteiger partial charge in [0.25, 0.3) is 0 Å². The Morgan fingerprint density at radius 1 is 1.38 bits per heavy atom. The van der Waals surface area contributed by atoms with Crippen LogP contribution in [-0.4, -0.2) is 15.6 Å². The smallest absolute Gasteiger partial charge is 0.142 e. The second-order valence-electron chi connectivity index (χ2n) is 5.20. The van der Waals surface area contributed by atoms with E-state index in [-0.39, 0.29) is 17.2 Å². The Bertz CT molecular complexity index is 679. The third-order valence-electron chi connectivity index (χ3n) is 3.73. The van der Waals surface area contributed by atoms with Crippen molar-refractivity contribution in [3.63, 3.8) is 0 Å². The summed E-state index contributed by atoms with van der Waals surface area (Å²) < 4.78 is 15.2. The predicted octanol–water partition coefficient (Wildman–Crippen LogP) is 3.57. The normalized spacial score (nSPS) is 10.9. The second-order valence-corrected chi connectivity index (χ2v) is 5.58. The first-order valence-corrected chi connectivity index (χ1v) is 7.21. The van der Waals surface area contributed by atoms with Crippen molar-refractivity contribution in [2.24, 2.45) is 7.05 Å². The monoisotopic (exact) mass is 308 g/mol. The molecule has 0 unspecified atom stereocenters. The highest BCUT2D eigenvalue weighted by molar-refractivity contribution is 6.31. The van der Waals surface area contributed by atoms with E-state index in [1.54, 1.807) is 12.1 Å². The number of carbonyl (C=O) groups excluding carboxylic acids is 1. The highest BCUT2D eigenvalue weighted by atomic mass is 35.5. The van der Waals surface area contributed by atoms with Crippen LogP contribution in [0.15, 0.2) is 18.2 Å². The minimum atomic E-state index is -0.485. The lowest BCUT2D eigenvalue weighted by Crippen LogP contribution is -2.06. The number of benzene rings is 1. The molecular formula is C16H18ClFN2O. The topological polar surface area (TPSA) is 34.9 Å². The second kappa shape index (κ2) is 6.39. The van der Waals surface area contributed by atoms with Crippen LogP contribution < -0.4 is 0 Å². The van der Waals surface area contributed by atoms with Gasteiger partial charge < -0.3 is 0 Å². The summed E-state index contributed by atoms with van der Waals surface area (Å²) in [4.78, 5) is 12.1. The van der Waals surface area contributed by atoms with Crippen molar-refractivity contribution in [3.8, 4) is 0 Å². The van der Waals surface area contributed by atoms with Gasteiger partial charge in [0.1, 0.15) is 11.6 Å². The molecule has 1 aromatic carbocycles. The van der Waals surface area contributed by atoms with Crippen LogP contribution in [0, 0.1) is 19.7 Å². The maximum absolute atomic E-state index is 13.3. The van der Waals surface area contributed by atoms with E-state index in [2.05, 4.69) is 5.10 Å². The van der Waals surface area contributed by atoms with Crippen molar-refractivity contribution in [2.45, 2.75) is 33.1 Å². The van der Waals surface area contributed by atoms with E-state index in [1.165, 1.54) is 6.07 Å². The Kier molecular flexibility index (Phi) is 4.78. The number of aryl methyl sites for hydroxylation is 2. The lowest BCUT2D eigenvalue weighted by molar-refractivity contribution is -0.118. The summed E-state index contributed by atoms with van der Waals surface area (Å²) in [6.07, 6.45) is 1.21. The van der Waals surface area contributed by atoms with Crippen LogP contribution in [0.25, 0.3) is 0 Å². The summed E-state index contributed by atoms with van der Waals surface area (Å²) in [5, 5.41) is 4.37. The molecule has 3 nitrogen and oxygen atoms in total. The largest absolute Gasteiger partial charge is 0.299 e. The van der Waals surface area contributed by atoms with Gasteiger partial charge in [-0.1, -0.05) is 23.7 Å². The van der Waals surface area contributed by atoms with Gasteiger partial charge in [0, 0.05) is 25.6 Å². The molecule has 0 aliphatic carbocycles. The van der Waals surface area contributed by atoms with E-state index in [1.807, 2.05) is 25.6 Å². The maximum atomic E-state index is 13.3. The van der Waals surface area contributed by atoms with Crippen molar-refractivity contribution < 1.29 is 9.18 Å². The Hall–Kier alpha value is -1.68. The number of hydrogen-bond acceptors (Lipinski definition) is 2. The zero-order chi connectivity index (χ0) is 15.6. The molecule has 0 N–H and O–H groups in total. The molecule has 0 atom stereocenters. The molecule has 21 heavy (non-hydrogen) atoms. The third-order valence-corrected chi connectivity index (χ3v) is 4.16. The molecule has 0 fully saturated rings. The molecule has 5 heteroatoms. The van der Waals surface area contributed by atoms with Crippen molar-refractivity contribution in [2.75, 3.05) is 0 Å². The molecule has 0 aliphatic heterocycles. The Morgan fingerprint density at radius 3 is 2.71 bits per heavy atom. The van der Waals surface area contributed by atoms with Gasteiger partial charge in [-0.25, -0.2) is 4.39 Å². The SMILES string of the molecule is Cc1nn(C)c(C)c1CCC(=O)Cc1cccc(F)c1Cl.